The molecule has 0 unspecified atom stereocenters. The number of carbonyl (C=O) groups is 1. The molecule has 2 aromatic carbocycles. The van der Waals surface area contributed by atoms with Gasteiger partial charge in [0.05, 0.1) is 18.1 Å². The third-order valence-corrected chi connectivity index (χ3v) is 5.01. The van der Waals surface area contributed by atoms with Gasteiger partial charge in [0.1, 0.15) is 0 Å². The fourth-order valence-corrected chi connectivity index (χ4v) is 3.25. The number of nitriles is 1. The van der Waals surface area contributed by atoms with Crippen LogP contribution < -0.4 is 0 Å². The van der Waals surface area contributed by atoms with E-state index in [1.807, 2.05) is 53.4 Å². The average molecular weight is 398 g/mol. The molecule has 128 valence electrons. The van der Waals surface area contributed by atoms with Crippen LogP contribution in [0.5, 0.6) is 0 Å². The van der Waals surface area contributed by atoms with E-state index in [0.717, 1.165) is 42.8 Å². The van der Waals surface area contributed by atoms with Crippen LogP contribution in [0.4, 0.5) is 0 Å². The third kappa shape index (κ3) is 4.91. The molecule has 1 aliphatic rings. The Bertz CT molecular complexity index is 757. The van der Waals surface area contributed by atoms with Gasteiger partial charge in [-0.2, -0.15) is 5.26 Å². The number of piperazine rings is 1. The summed E-state index contributed by atoms with van der Waals surface area (Å²) in [6, 6.07) is 17.8. The highest BCUT2D eigenvalue weighted by atomic mass is 79.9. The smallest absolute Gasteiger partial charge is 0.227 e. The summed E-state index contributed by atoms with van der Waals surface area (Å²) in [5.74, 6) is 0.195. The monoisotopic (exact) mass is 397 g/mol. The molecule has 25 heavy (non-hydrogen) atoms. The molecule has 0 saturated carbocycles. The molecule has 5 heteroatoms. The van der Waals surface area contributed by atoms with Crippen LogP contribution in [0.2, 0.25) is 0 Å². The van der Waals surface area contributed by atoms with E-state index in [0.29, 0.717) is 12.0 Å². The van der Waals surface area contributed by atoms with Crippen LogP contribution in [-0.2, 0) is 17.8 Å². The summed E-state index contributed by atoms with van der Waals surface area (Å²) in [6.07, 6.45) is 0.461. The summed E-state index contributed by atoms with van der Waals surface area (Å²) < 4.78 is 1.03. The van der Waals surface area contributed by atoms with E-state index < -0.39 is 0 Å². The molecule has 1 heterocycles. The molecule has 0 spiro atoms. The maximum absolute atomic E-state index is 12.5. The number of halogens is 1. The molecular weight excluding hydrogens is 378 g/mol. The van der Waals surface area contributed by atoms with Crippen molar-refractivity contribution in [1.82, 2.24) is 9.80 Å². The van der Waals surface area contributed by atoms with E-state index in [-0.39, 0.29) is 5.91 Å². The van der Waals surface area contributed by atoms with E-state index in [1.165, 1.54) is 5.56 Å². The van der Waals surface area contributed by atoms with Gasteiger partial charge in [-0.25, -0.2) is 0 Å². The Morgan fingerprint density at radius 2 is 1.56 bits per heavy atom. The number of carbonyl (C=O) groups excluding carboxylic acids is 1. The zero-order valence-electron chi connectivity index (χ0n) is 14.0. The molecule has 0 bridgehead atoms. The Labute approximate surface area is 156 Å². The third-order valence-electron chi connectivity index (χ3n) is 4.48. The quantitative estimate of drug-likeness (QED) is 0.795. The van der Waals surface area contributed by atoms with Gasteiger partial charge in [-0.15, -0.1) is 0 Å². The minimum Gasteiger partial charge on any atom is -0.340 e. The Morgan fingerprint density at radius 3 is 2.16 bits per heavy atom. The second-order valence-electron chi connectivity index (χ2n) is 6.27. The second kappa shape index (κ2) is 8.28. The van der Waals surface area contributed by atoms with Gasteiger partial charge in [0, 0.05) is 37.2 Å². The van der Waals surface area contributed by atoms with Gasteiger partial charge in [-0.1, -0.05) is 40.2 Å². The fourth-order valence-electron chi connectivity index (χ4n) is 2.99. The lowest BCUT2D eigenvalue weighted by molar-refractivity contribution is -0.132. The summed E-state index contributed by atoms with van der Waals surface area (Å²) in [5.41, 5.74) is 2.94. The lowest BCUT2D eigenvalue weighted by atomic mass is 10.1. The number of nitrogens with zero attached hydrogens (tertiary/aromatic N) is 3. The van der Waals surface area contributed by atoms with Crippen molar-refractivity contribution in [2.24, 2.45) is 0 Å². The Balaban J connectivity index is 1.48. The van der Waals surface area contributed by atoms with Crippen molar-refractivity contribution in [3.05, 3.63) is 69.7 Å². The van der Waals surface area contributed by atoms with Crippen molar-refractivity contribution in [1.29, 1.82) is 5.26 Å². The SMILES string of the molecule is N#Cc1ccc(CN2CCN(C(=O)Cc3ccc(Br)cc3)CC2)cc1. The molecule has 1 amide bonds. The fraction of sp³-hybridized carbons (Fsp3) is 0.300. The predicted octanol–water partition coefficient (Wildman–Crippen LogP) is 3.21. The first kappa shape index (κ1) is 17.7. The maximum Gasteiger partial charge on any atom is 0.227 e. The molecule has 0 atom stereocenters. The lowest BCUT2D eigenvalue weighted by Crippen LogP contribution is -2.48. The normalized spacial score (nSPS) is 15.0. The number of hydrogen-bond acceptors (Lipinski definition) is 3. The van der Waals surface area contributed by atoms with Crippen LogP contribution in [-0.4, -0.2) is 41.9 Å². The Kier molecular flexibility index (Phi) is 5.85. The minimum absolute atomic E-state index is 0.195. The van der Waals surface area contributed by atoms with Crippen LogP contribution in [0, 0.1) is 11.3 Å². The molecule has 1 saturated heterocycles. The molecule has 3 rings (SSSR count). The summed E-state index contributed by atoms with van der Waals surface area (Å²) >= 11 is 3.41. The van der Waals surface area contributed by atoms with Crippen LogP contribution in [0.3, 0.4) is 0 Å². The maximum atomic E-state index is 12.5. The highest BCUT2D eigenvalue weighted by molar-refractivity contribution is 9.10. The highest BCUT2D eigenvalue weighted by Crippen LogP contribution is 2.14. The number of amides is 1. The molecule has 4 nitrogen and oxygen atoms in total. The molecule has 0 aliphatic carbocycles. The molecule has 0 N–H and O–H groups in total. The number of benzene rings is 2. The first-order chi connectivity index (χ1) is 12.1. The minimum atomic E-state index is 0.195. The van der Waals surface area contributed by atoms with Gasteiger partial charge < -0.3 is 4.90 Å². The van der Waals surface area contributed by atoms with Crippen molar-refractivity contribution < 1.29 is 4.79 Å². The van der Waals surface area contributed by atoms with Crippen LogP contribution in [0.25, 0.3) is 0 Å². The molecule has 1 fully saturated rings. The van der Waals surface area contributed by atoms with Gasteiger partial charge in [0.2, 0.25) is 5.91 Å². The summed E-state index contributed by atoms with van der Waals surface area (Å²) in [7, 11) is 0. The second-order valence-corrected chi connectivity index (χ2v) is 7.18. The van der Waals surface area contributed by atoms with E-state index >= 15 is 0 Å². The van der Waals surface area contributed by atoms with Crippen molar-refractivity contribution in [3.63, 3.8) is 0 Å². The van der Waals surface area contributed by atoms with Gasteiger partial charge in [0.15, 0.2) is 0 Å². The largest absolute Gasteiger partial charge is 0.340 e. The van der Waals surface area contributed by atoms with E-state index in [2.05, 4.69) is 26.9 Å². The van der Waals surface area contributed by atoms with Gasteiger partial charge >= 0.3 is 0 Å². The summed E-state index contributed by atoms with van der Waals surface area (Å²) in [5, 5.41) is 8.85. The van der Waals surface area contributed by atoms with Gasteiger partial charge in [0.25, 0.3) is 0 Å². The van der Waals surface area contributed by atoms with Crippen molar-refractivity contribution in [2.75, 3.05) is 26.2 Å². The standard InChI is InChI=1S/C20H20BrN3O/c21-19-7-5-16(6-8-19)13-20(25)24-11-9-23(10-12-24)15-18-3-1-17(14-22)2-4-18/h1-8H,9-13,15H2. The van der Waals surface area contributed by atoms with E-state index in [9.17, 15) is 4.79 Å². The predicted molar refractivity (Wildman–Crippen MR) is 101 cm³/mol. The molecular formula is C20H20BrN3O. The topological polar surface area (TPSA) is 47.3 Å². The lowest BCUT2D eigenvalue weighted by Gasteiger charge is -2.34. The highest BCUT2D eigenvalue weighted by Gasteiger charge is 2.21. The van der Waals surface area contributed by atoms with Gasteiger partial charge in [-0.05, 0) is 35.4 Å². The Hall–Kier alpha value is -2.16. The molecule has 0 aromatic heterocycles. The van der Waals surface area contributed by atoms with Crippen molar-refractivity contribution >= 4 is 21.8 Å². The number of rotatable bonds is 4. The summed E-state index contributed by atoms with van der Waals surface area (Å²) in [4.78, 5) is 16.8. The van der Waals surface area contributed by atoms with E-state index in [4.69, 9.17) is 5.26 Å². The summed E-state index contributed by atoms with van der Waals surface area (Å²) in [6.45, 7) is 4.16. The number of hydrogen-bond donors (Lipinski definition) is 0. The first-order valence-electron chi connectivity index (χ1n) is 8.37. The molecule has 2 aromatic rings. The Morgan fingerprint density at radius 1 is 0.960 bits per heavy atom. The molecule has 0 radical (unpaired) electrons. The van der Waals surface area contributed by atoms with Crippen LogP contribution in [0.1, 0.15) is 16.7 Å². The first-order valence-corrected chi connectivity index (χ1v) is 9.17. The zero-order valence-corrected chi connectivity index (χ0v) is 15.6. The van der Waals surface area contributed by atoms with Crippen molar-refractivity contribution in [2.45, 2.75) is 13.0 Å². The van der Waals surface area contributed by atoms with Gasteiger partial charge in [-0.3, -0.25) is 9.69 Å². The average Bonchev–Trinajstić information content (AvgIpc) is 2.65. The van der Waals surface area contributed by atoms with Crippen LogP contribution in [0.15, 0.2) is 53.0 Å². The molecule has 1 aliphatic heterocycles. The van der Waals surface area contributed by atoms with Crippen molar-refractivity contribution in [3.8, 4) is 6.07 Å². The zero-order chi connectivity index (χ0) is 17.6. The van der Waals surface area contributed by atoms with Crippen LogP contribution >= 0.6 is 15.9 Å². The van der Waals surface area contributed by atoms with E-state index in [1.54, 1.807) is 0 Å².